The van der Waals surface area contributed by atoms with Gasteiger partial charge in [-0.05, 0) is 48.6 Å². The molecule has 30 heavy (non-hydrogen) atoms. The SMILES string of the molecule is CN=C(NCc1ccc(Cl)cc1)NCC1CCN(S(=O)(=O)c2ccccc2)CC1.I. The second-order valence-corrected chi connectivity index (χ2v) is 9.47. The summed E-state index contributed by atoms with van der Waals surface area (Å²) in [6.45, 7) is 2.50. The van der Waals surface area contributed by atoms with Crippen molar-refractivity contribution in [3.63, 3.8) is 0 Å². The maximum Gasteiger partial charge on any atom is 0.243 e. The van der Waals surface area contributed by atoms with Crippen LogP contribution in [-0.4, -0.2) is 45.4 Å². The van der Waals surface area contributed by atoms with E-state index in [9.17, 15) is 8.42 Å². The van der Waals surface area contributed by atoms with Gasteiger partial charge in [0, 0.05) is 38.2 Å². The van der Waals surface area contributed by atoms with E-state index in [0.29, 0.717) is 30.4 Å². The van der Waals surface area contributed by atoms with Crippen LogP contribution in [0.3, 0.4) is 0 Å². The number of hydrogen-bond acceptors (Lipinski definition) is 3. The molecule has 1 aliphatic heterocycles. The summed E-state index contributed by atoms with van der Waals surface area (Å²) in [5, 5.41) is 7.36. The van der Waals surface area contributed by atoms with Gasteiger partial charge in [-0.15, -0.1) is 24.0 Å². The molecule has 3 rings (SSSR count). The second kappa shape index (κ2) is 11.9. The molecule has 0 aromatic heterocycles. The van der Waals surface area contributed by atoms with Crippen molar-refractivity contribution in [2.24, 2.45) is 10.9 Å². The van der Waals surface area contributed by atoms with Crippen LogP contribution in [0.2, 0.25) is 5.02 Å². The van der Waals surface area contributed by atoms with E-state index in [4.69, 9.17) is 11.6 Å². The Bertz CT molecular complexity index is 916. The highest BCUT2D eigenvalue weighted by Gasteiger charge is 2.29. The van der Waals surface area contributed by atoms with Crippen LogP contribution in [-0.2, 0) is 16.6 Å². The van der Waals surface area contributed by atoms with Crippen molar-refractivity contribution in [2.45, 2.75) is 24.3 Å². The number of nitrogens with zero attached hydrogens (tertiary/aromatic N) is 2. The molecular weight excluding hydrogens is 535 g/mol. The smallest absolute Gasteiger partial charge is 0.243 e. The Hall–Kier alpha value is -1.36. The summed E-state index contributed by atoms with van der Waals surface area (Å²) in [6.07, 6.45) is 1.65. The van der Waals surface area contributed by atoms with Crippen molar-refractivity contribution in [3.8, 4) is 0 Å². The van der Waals surface area contributed by atoms with E-state index in [1.165, 1.54) is 0 Å². The van der Waals surface area contributed by atoms with Gasteiger partial charge in [-0.1, -0.05) is 41.9 Å². The van der Waals surface area contributed by atoms with E-state index < -0.39 is 10.0 Å². The molecule has 0 unspecified atom stereocenters. The molecule has 2 aromatic rings. The molecule has 1 aliphatic rings. The van der Waals surface area contributed by atoms with Crippen LogP contribution in [0.25, 0.3) is 0 Å². The molecule has 164 valence electrons. The second-order valence-electron chi connectivity index (χ2n) is 7.09. The molecule has 1 saturated heterocycles. The Morgan fingerprint density at radius 3 is 2.30 bits per heavy atom. The first kappa shape index (κ1) is 24.9. The first-order valence-electron chi connectivity index (χ1n) is 9.73. The van der Waals surface area contributed by atoms with Gasteiger partial charge in [0.15, 0.2) is 5.96 Å². The van der Waals surface area contributed by atoms with E-state index in [-0.39, 0.29) is 24.0 Å². The van der Waals surface area contributed by atoms with Crippen LogP contribution < -0.4 is 10.6 Å². The van der Waals surface area contributed by atoms with E-state index in [2.05, 4.69) is 15.6 Å². The predicted molar refractivity (Wildman–Crippen MR) is 133 cm³/mol. The van der Waals surface area contributed by atoms with Gasteiger partial charge in [0.25, 0.3) is 0 Å². The number of benzene rings is 2. The highest BCUT2D eigenvalue weighted by atomic mass is 127. The van der Waals surface area contributed by atoms with Crippen molar-refractivity contribution in [1.29, 1.82) is 0 Å². The molecule has 1 heterocycles. The summed E-state index contributed by atoms with van der Waals surface area (Å²) in [5.41, 5.74) is 1.12. The molecule has 2 aromatic carbocycles. The quantitative estimate of drug-likeness (QED) is 0.320. The topological polar surface area (TPSA) is 73.8 Å². The van der Waals surface area contributed by atoms with Crippen LogP contribution in [0, 0.1) is 5.92 Å². The summed E-state index contributed by atoms with van der Waals surface area (Å²) in [7, 11) is -1.65. The molecule has 0 amide bonds. The largest absolute Gasteiger partial charge is 0.356 e. The molecule has 0 atom stereocenters. The average Bonchev–Trinajstić information content (AvgIpc) is 2.76. The van der Waals surface area contributed by atoms with Gasteiger partial charge in [0.05, 0.1) is 4.90 Å². The van der Waals surface area contributed by atoms with E-state index in [0.717, 1.165) is 35.9 Å². The lowest BCUT2D eigenvalue weighted by Gasteiger charge is -2.31. The first-order valence-corrected chi connectivity index (χ1v) is 11.5. The zero-order valence-electron chi connectivity index (χ0n) is 16.9. The van der Waals surface area contributed by atoms with Crippen LogP contribution in [0.4, 0.5) is 0 Å². The zero-order valence-corrected chi connectivity index (χ0v) is 20.8. The fourth-order valence-electron chi connectivity index (χ4n) is 3.34. The maximum absolute atomic E-state index is 12.7. The summed E-state index contributed by atoms with van der Waals surface area (Å²) in [4.78, 5) is 4.63. The molecule has 0 spiro atoms. The predicted octanol–water partition coefficient (Wildman–Crippen LogP) is 3.72. The van der Waals surface area contributed by atoms with Crippen molar-refractivity contribution < 1.29 is 8.42 Å². The van der Waals surface area contributed by atoms with Crippen LogP contribution in [0.5, 0.6) is 0 Å². The molecule has 0 saturated carbocycles. The Labute approximate surface area is 201 Å². The van der Waals surface area contributed by atoms with Crippen molar-refractivity contribution in [2.75, 3.05) is 26.7 Å². The van der Waals surface area contributed by atoms with Crippen molar-refractivity contribution in [1.82, 2.24) is 14.9 Å². The highest BCUT2D eigenvalue weighted by molar-refractivity contribution is 14.0. The number of nitrogens with one attached hydrogen (secondary N) is 2. The molecule has 0 bridgehead atoms. The highest BCUT2D eigenvalue weighted by Crippen LogP contribution is 2.23. The minimum Gasteiger partial charge on any atom is -0.356 e. The Kier molecular flexibility index (Phi) is 9.86. The van der Waals surface area contributed by atoms with Gasteiger partial charge in [-0.25, -0.2) is 8.42 Å². The fourth-order valence-corrected chi connectivity index (χ4v) is 4.96. The lowest BCUT2D eigenvalue weighted by atomic mass is 9.98. The van der Waals surface area contributed by atoms with Gasteiger partial charge < -0.3 is 10.6 Å². The molecule has 0 aliphatic carbocycles. The Morgan fingerprint density at radius 2 is 1.70 bits per heavy atom. The number of sulfonamides is 1. The van der Waals surface area contributed by atoms with E-state index >= 15 is 0 Å². The first-order chi connectivity index (χ1) is 14.0. The summed E-state index contributed by atoms with van der Waals surface area (Å²) in [6, 6.07) is 16.3. The van der Waals surface area contributed by atoms with E-state index in [1.54, 1.807) is 35.6 Å². The van der Waals surface area contributed by atoms with E-state index in [1.807, 2.05) is 30.3 Å². The number of aliphatic imine (C=N–C) groups is 1. The third kappa shape index (κ3) is 6.83. The Morgan fingerprint density at radius 1 is 1.07 bits per heavy atom. The molecule has 9 heteroatoms. The monoisotopic (exact) mass is 562 g/mol. The van der Waals surface area contributed by atoms with Crippen molar-refractivity contribution >= 4 is 51.6 Å². The number of guanidine groups is 1. The number of rotatable bonds is 6. The van der Waals surface area contributed by atoms with Gasteiger partial charge in [0.1, 0.15) is 0 Å². The van der Waals surface area contributed by atoms with Crippen LogP contribution >= 0.6 is 35.6 Å². The maximum atomic E-state index is 12.7. The standard InChI is InChI=1S/C21H27ClN4O2S.HI/c1-23-21(24-15-17-7-9-19(22)10-8-17)25-16-18-11-13-26(14-12-18)29(27,28)20-5-3-2-4-6-20;/h2-10,18H,11-16H2,1H3,(H2,23,24,25);1H. The number of halogens is 2. The van der Waals surface area contributed by atoms with Crippen molar-refractivity contribution in [3.05, 3.63) is 65.2 Å². The summed E-state index contributed by atoms with van der Waals surface area (Å²) < 4.78 is 27.0. The molecular formula is C21H28ClIN4O2S. The molecule has 1 fully saturated rings. The van der Waals surface area contributed by atoms with Gasteiger partial charge in [-0.2, -0.15) is 4.31 Å². The van der Waals surface area contributed by atoms with Gasteiger partial charge >= 0.3 is 0 Å². The lowest BCUT2D eigenvalue weighted by molar-refractivity contribution is 0.273. The van der Waals surface area contributed by atoms with Gasteiger partial charge in [-0.3, -0.25) is 4.99 Å². The molecule has 6 nitrogen and oxygen atoms in total. The zero-order chi connectivity index (χ0) is 20.7. The number of piperidine rings is 1. The average molecular weight is 563 g/mol. The van der Waals surface area contributed by atoms with Crippen LogP contribution in [0.1, 0.15) is 18.4 Å². The fraction of sp³-hybridized carbons (Fsp3) is 0.381. The normalized spacial score (nSPS) is 16.0. The lowest BCUT2D eigenvalue weighted by Crippen LogP contribution is -2.44. The third-order valence-electron chi connectivity index (χ3n) is 5.11. The molecule has 0 radical (unpaired) electrons. The van der Waals surface area contributed by atoms with Gasteiger partial charge in [0.2, 0.25) is 10.0 Å². The third-order valence-corrected chi connectivity index (χ3v) is 7.27. The van der Waals surface area contributed by atoms with Crippen LogP contribution in [0.15, 0.2) is 64.5 Å². The minimum absolute atomic E-state index is 0. The summed E-state index contributed by atoms with van der Waals surface area (Å²) >= 11 is 5.91. The Balaban J connectivity index is 0.00000320. The summed E-state index contributed by atoms with van der Waals surface area (Å²) in [5.74, 6) is 1.14. The minimum atomic E-state index is -3.40. The number of hydrogen-bond donors (Lipinski definition) is 2. The molecule has 2 N–H and O–H groups in total.